The number of aryl methyl sites for hydroxylation is 3. The minimum absolute atomic E-state index is 0.0614. The maximum Gasteiger partial charge on any atom is 0.264 e. The van der Waals surface area contributed by atoms with E-state index < -0.39 is 28.5 Å². The number of nitrogens with zero attached hydrogens (tertiary/aromatic N) is 2. The molecular formula is C38H43N3O4S. The van der Waals surface area contributed by atoms with Gasteiger partial charge < -0.3 is 10.2 Å². The lowest BCUT2D eigenvalue weighted by Crippen LogP contribution is -2.54. The molecule has 1 fully saturated rings. The van der Waals surface area contributed by atoms with Crippen molar-refractivity contribution in [2.45, 2.75) is 76.4 Å². The van der Waals surface area contributed by atoms with Crippen molar-refractivity contribution < 1.29 is 18.0 Å². The highest BCUT2D eigenvalue weighted by molar-refractivity contribution is 7.92. The van der Waals surface area contributed by atoms with Gasteiger partial charge in [0.1, 0.15) is 12.6 Å². The average molecular weight is 638 g/mol. The standard InChI is InChI=1S/C38H43N3O4S/c1-28-22-23-35(30(3)24-28)41(46(44,45)34-20-8-5-9-21-34)27-37(42)40(26-32-17-11-10-14-29(32)2)36(25-31-15-6-4-7-16-31)38(43)39-33-18-12-13-19-33/h4-11,14-17,20-24,33,36H,12-13,18-19,25-27H2,1-3H3,(H,39,43)/t36-/m1/s1. The molecule has 0 aromatic heterocycles. The van der Waals surface area contributed by atoms with Crippen LogP contribution in [0.1, 0.15) is 53.5 Å². The molecule has 1 aliphatic rings. The summed E-state index contributed by atoms with van der Waals surface area (Å²) in [5, 5.41) is 3.23. The lowest BCUT2D eigenvalue weighted by molar-refractivity contribution is -0.140. The molecule has 0 heterocycles. The number of amides is 2. The highest BCUT2D eigenvalue weighted by atomic mass is 32.2. The minimum Gasteiger partial charge on any atom is -0.352 e. The molecule has 0 saturated heterocycles. The van der Waals surface area contributed by atoms with E-state index in [9.17, 15) is 18.0 Å². The third kappa shape index (κ3) is 7.85. The molecule has 0 bridgehead atoms. The van der Waals surface area contributed by atoms with Gasteiger partial charge in [-0.2, -0.15) is 0 Å². The van der Waals surface area contributed by atoms with Gasteiger partial charge in [-0.3, -0.25) is 13.9 Å². The zero-order valence-electron chi connectivity index (χ0n) is 26.9. The molecule has 0 aliphatic heterocycles. The molecule has 5 rings (SSSR count). The van der Waals surface area contributed by atoms with Gasteiger partial charge in [0, 0.05) is 19.0 Å². The van der Waals surface area contributed by atoms with Crippen molar-refractivity contribution >= 4 is 27.5 Å². The monoisotopic (exact) mass is 637 g/mol. The number of carbonyl (C=O) groups is 2. The van der Waals surface area contributed by atoms with Crippen molar-refractivity contribution in [1.29, 1.82) is 0 Å². The van der Waals surface area contributed by atoms with Crippen LogP contribution in [0.3, 0.4) is 0 Å². The summed E-state index contributed by atoms with van der Waals surface area (Å²) in [5.41, 5.74) is 4.94. The van der Waals surface area contributed by atoms with E-state index in [0.29, 0.717) is 12.1 Å². The molecule has 8 heteroatoms. The van der Waals surface area contributed by atoms with Crippen molar-refractivity contribution in [1.82, 2.24) is 10.2 Å². The number of rotatable bonds is 12. The van der Waals surface area contributed by atoms with Crippen molar-refractivity contribution in [3.8, 4) is 0 Å². The Labute approximate surface area is 273 Å². The van der Waals surface area contributed by atoms with Crippen LogP contribution in [0.2, 0.25) is 0 Å². The number of hydrogen-bond donors (Lipinski definition) is 1. The number of sulfonamides is 1. The molecule has 1 aliphatic carbocycles. The fraction of sp³-hybridized carbons (Fsp3) is 0.316. The van der Waals surface area contributed by atoms with E-state index in [1.165, 1.54) is 16.4 Å². The van der Waals surface area contributed by atoms with Crippen molar-refractivity contribution in [3.63, 3.8) is 0 Å². The van der Waals surface area contributed by atoms with Gasteiger partial charge in [0.15, 0.2) is 0 Å². The summed E-state index contributed by atoms with van der Waals surface area (Å²) >= 11 is 0. The van der Waals surface area contributed by atoms with Gasteiger partial charge in [-0.05, 0) is 74.1 Å². The van der Waals surface area contributed by atoms with E-state index in [2.05, 4.69) is 5.32 Å². The van der Waals surface area contributed by atoms with E-state index in [1.54, 1.807) is 29.2 Å². The molecule has 4 aromatic rings. The van der Waals surface area contributed by atoms with Gasteiger partial charge in [0.05, 0.1) is 10.6 Å². The lowest BCUT2D eigenvalue weighted by atomic mass is 10.0. The Morgan fingerprint density at radius 2 is 1.43 bits per heavy atom. The van der Waals surface area contributed by atoms with E-state index in [0.717, 1.165) is 53.5 Å². The van der Waals surface area contributed by atoms with Crippen molar-refractivity contribution in [3.05, 3.63) is 131 Å². The van der Waals surface area contributed by atoms with Crippen LogP contribution in [0.25, 0.3) is 0 Å². The molecule has 0 unspecified atom stereocenters. The highest BCUT2D eigenvalue weighted by Crippen LogP contribution is 2.29. The molecule has 4 aromatic carbocycles. The number of hydrogen-bond acceptors (Lipinski definition) is 4. The Balaban J connectivity index is 1.59. The second kappa shape index (κ2) is 14.8. The normalized spacial score (nSPS) is 14.1. The summed E-state index contributed by atoms with van der Waals surface area (Å²) < 4.78 is 29.7. The Morgan fingerprint density at radius 1 is 0.804 bits per heavy atom. The first-order valence-electron chi connectivity index (χ1n) is 16.0. The van der Waals surface area contributed by atoms with E-state index in [4.69, 9.17) is 0 Å². The van der Waals surface area contributed by atoms with E-state index >= 15 is 0 Å². The van der Waals surface area contributed by atoms with Crippen LogP contribution >= 0.6 is 0 Å². The molecule has 7 nitrogen and oxygen atoms in total. The number of benzene rings is 4. The molecule has 0 spiro atoms. The maximum atomic E-state index is 14.7. The van der Waals surface area contributed by atoms with Crippen LogP contribution in [0, 0.1) is 20.8 Å². The molecule has 0 radical (unpaired) electrons. The number of carbonyl (C=O) groups excluding carboxylic acids is 2. The molecule has 1 saturated carbocycles. The van der Waals surface area contributed by atoms with Crippen molar-refractivity contribution in [2.75, 3.05) is 10.8 Å². The smallest absolute Gasteiger partial charge is 0.264 e. The van der Waals surface area contributed by atoms with Gasteiger partial charge in [-0.1, -0.05) is 103 Å². The summed E-state index contributed by atoms with van der Waals surface area (Å²) in [6, 6.07) is 30.3. The van der Waals surface area contributed by atoms with E-state index in [-0.39, 0.29) is 23.4 Å². The predicted molar refractivity (Wildman–Crippen MR) is 183 cm³/mol. The minimum atomic E-state index is -4.14. The summed E-state index contributed by atoms with van der Waals surface area (Å²) in [6.07, 6.45) is 4.23. The van der Waals surface area contributed by atoms with Gasteiger partial charge in [0.2, 0.25) is 11.8 Å². The van der Waals surface area contributed by atoms with Gasteiger partial charge >= 0.3 is 0 Å². The number of nitrogens with one attached hydrogen (secondary N) is 1. The third-order valence-electron chi connectivity index (χ3n) is 8.81. The fourth-order valence-corrected chi connectivity index (χ4v) is 7.71. The Kier molecular flexibility index (Phi) is 10.6. The zero-order chi connectivity index (χ0) is 32.7. The Morgan fingerprint density at radius 3 is 2.09 bits per heavy atom. The second-order valence-electron chi connectivity index (χ2n) is 12.3. The van der Waals surface area contributed by atoms with Crippen LogP contribution in [0.4, 0.5) is 5.69 Å². The number of anilines is 1. The summed E-state index contributed by atoms with van der Waals surface area (Å²) in [7, 11) is -4.14. The van der Waals surface area contributed by atoms with E-state index in [1.807, 2.05) is 87.5 Å². The molecule has 46 heavy (non-hydrogen) atoms. The van der Waals surface area contributed by atoms with Crippen LogP contribution in [0.15, 0.2) is 108 Å². The SMILES string of the molecule is Cc1ccc(N(CC(=O)N(Cc2ccccc2C)[C@H](Cc2ccccc2)C(=O)NC2CCCC2)S(=O)(=O)c2ccccc2)c(C)c1. The predicted octanol–water partition coefficient (Wildman–Crippen LogP) is 6.51. The topological polar surface area (TPSA) is 86.8 Å². The van der Waals surface area contributed by atoms with Crippen LogP contribution in [0.5, 0.6) is 0 Å². The Hall–Kier alpha value is -4.43. The zero-order valence-corrected chi connectivity index (χ0v) is 27.7. The highest BCUT2D eigenvalue weighted by Gasteiger charge is 2.36. The van der Waals surface area contributed by atoms with Gasteiger partial charge in [0.25, 0.3) is 10.0 Å². The largest absolute Gasteiger partial charge is 0.352 e. The molecule has 2 amide bonds. The summed E-state index contributed by atoms with van der Waals surface area (Å²) in [5.74, 6) is -0.674. The van der Waals surface area contributed by atoms with Crippen LogP contribution < -0.4 is 9.62 Å². The Bertz CT molecular complexity index is 1750. The van der Waals surface area contributed by atoms with Crippen LogP contribution in [-0.4, -0.2) is 43.8 Å². The van der Waals surface area contributed by atoms with Crippen molar-refractivity contribution in [2.24, 2.45) is 0 Å². The first-order valence-corrected chi connectivity index (χ1v) is 17.4. The maximum absolute atomic E-state index is 14.7. The summed E-state index contributed by atoms with van der Waals surface area (Å²) in [4.78, 5) is 30.5. The van der Waals surface area contributed by atoms with Crippen LogP contribution in [-0.2, 0) is 32.6 Å². The first-order chi connectivity index (χ1) is 22.1. The molecule has 240 valence electrons. The third-order valence-corrected chi connectivity index (χ3v) is 10.6. The molecule has 1 N–H and O–H groups in total. The summed E-state index contributed by atoms with van der Waals surface area (Å²) in [6.45, 7) is 5.46. The molecule has 1 atom stereocenters. The van der Waals surface area contributed by atoms with Gasteiger partial charge in [-0.15, -0.1) is 0 Å². The second-order valence-corrected chi connectivity index (χ2v) is 14.1. The molecular weight excluding hydrogens is 595 g/mol. The fourth-order valence-electron chi connectivity index (χ4n) is 6.21. The average Bonchev–Trinajstić information content (AvgIpc) is 3.56. The van der Waals surface area contributed by atoms with Gasteiger partial charge in [-0.25, -0.2) is 8.42 Å². The quantitative estimate of drug-likeness (QED) is 0.192. The lowest BCUT2D eigenvalue weighted by Gasteiger charge is -2.35. The first kappa shape index (κ1) is 32.9.